The van der Waals surface area contributed by atoms with Gasteiger partial charge in [-0.1, -0.05) is 39.5 Å². The second-order valence-electron chi connectivity index (χ2n) is 4.58. The molecule has 0 spiro atoms. The van der Waals surface area contributed by atoms with E-state index in [4.69, 9.17) is 9.47 Å². The molecule has 4 heteroatoms. The van der Waals surface area contributed by atoms with Crippen molar-refractivity contribution in [2.45, 2.75) is 71.6 Å². The van der Waals surface area contributed by atoms with Crippen molar-refractivity contribution in [3.05, 3.63) is 6.61 Å². The summed E-state index contributed by atoms with van der Waals surface area (Å²) in [6, 6.07) is 0. The summed E-state index contributed by atoms with van der Waals surface area (Å²) in [6.07, 6.45) is 7.42. The van der Waals surface area contributed by atoms with E-state index in [2.05, 4.69) is 13.8 Å². The van der Waals surface area contributed by atoms with Gasteiger partial charge in [0.1, 0.15) is 6.61 Å². The van der Waals surface area contributed by atoms with Crippen molar-refractivity contribution in [2.75, 3.05) is 6.61 Å². The second-order valence-corrected chi connectivity index (χ2v) is 4.58. The average molecular weight is 271 g/mol. The van der Waals surface area contributed by atoms with E-state index in [1.54, 1.807) is 0 Å². The van der Waals surface area contributed by atoms with E-state index in [1.165, 1.54) is 6.61 Å². The fraction of sp³-hybridized carbons (Fsp3) is 0.800. The van der Waals surface area contributed by atoms with Gasteiger partial charge in [-0.2, -0.15) is 0 Å². The van der Waals surface area contributed by atoms with Crippen LogP contribution < -0.4 is 0 Å². The molecule has 0 unspecified atom stereocenters. The summed E-state index contributed by atoms with van der Waals surface area (Å²) in [5.74, 6) is -0.376. The Hall–Kier alpha value is -1.06. The standard InChI is InChI=1S/C15H27O4/c1-3-5-7-10-14(16)18-12-9-13-19-15(17)11-8-6-4-2/h12H,3-11,13H2,1-2H3. The molecule has 0 atom stereocenters. The van der Waals surface area contributed by atoms with Crippen LogP contribution >= 0.6 is 0 Å². The molecular weight excluding hydrogens is 244 g/mol. The van der Waals surface area contributed by atoms with Gasteiger partial charge in [0.15, 0.2) is 0 Å². The first-order valence-corrected chi connectivity index (χ1v) is 7.37. The monoisotopic (exact) mass is 271 g/mol. The number of hydrogen-bond acceptors (Lipinski definition) is 4. The van der Waals surface area contributed by atoms with Crippen LogP contribution in [0.2, 0.25) is 0 Å². The number of rotatable bonds is 12. The van der Waals surface area contributed by atoms with Gasteiger partial charge in [-0.15, -0.1) is 0 Å². The molecule has 0 heterocycles. The lowest BCUT2D eigenvalue weighted by Crippen LogP contribution is -2.08. The molecule has 0 amide bonds. The number of esters is 2. The Bertz CT molecular complexity index is 214. The molecule has 0 aromatic heterocycles. The summed E-state index contributed by atoms with van der Waals surface area (Å²) in [5.41, 5.74) is 0. The van der Waals surface area contributed by atoms with E-state index in [9.17, 15) is 9.59 Å². The smallest absolute Gasteiger partial charge is 0.306 e. The Balaban J connectivity index is 3.29. The van der Waals surface area contributed by atoms with Crippen LogP contribution in [0.15, 0.2) is 0 Å². The lowest BCUT2D eigenvalue weighted by atomic mass is 10.2. The Morgan fingerprint density at radius 2 is 1.47 bits per heavy atom. The van der Waals surface area contributed by atoms with Gasteiger partial charge in [0, 0.05) is 19.3 Å². The van der Waals surface area contributed by atoms with Crippen molar-refractivity contribution in [1.29, 1.82) is 0 Å². The average Bonchev–Trinajstić information content (AvgIpc) is 2.39. The Kier molecular flexibility index (Phi) is 12.6. The predicted octanol–water partition coefficient (Wildman–Crippen LogP) is 3.79. The molecule has 0 rings (SSSR count). The summed E-state index contributed by atoms with van der Waals surface area (Å²) in [5, 5.41) is 0. The topological polar surface area (TPSA) is 52.6 Å². The van der Waals surface area contributed by atoms with Gasteiger partial charge < -0.3 is 9.47 Å². The van der Waals surface area contributed by atoms with Crippen LogP contribution in [0, 0.1) is 6.61 Å². The molecule has 0 aromatic carbocycles. The Morgan fingerprint density at radius 3 is 2.05 bits per heavy atom. The number of ether oxygens (including phenoxy) is 2. The van der Waals surface area contributed by atoms with Crippen molar-refractivity contribution in [2.24, 2.45) is 0 Å². The largest absolute Gasteiger partial charge is 0.466 e. The molecule has 19 heavy (non-hydrogen) atoms. The van der Waals surface area contributed by atoms with Gasteiger partial charge in [-0.3, -0.25) is 9.59 Å². The molecular formula is C15H27O4. The van der Waals surface area contributed by atoms with Gasteiger partial charge in [-0.05, 0) is 12.8 Å². The third kappa shape index (κ3) is 13.2. The second kappa shape index (κ2) is 13.4. The molecule has 0 N–H and O–H groups in total. The first-order valence-electron chi connectivity index (χ1n) is 7.37. The summed E-state index contributed by atoms with van der Waals surface area (Å²) in [7, 11) is 0. The lowest BCUT2D eigenvalue weighted by molar-refractivity contribution is -0.144. The summed E-state index contributed by atoms with van der Waals surface area (Å²) in [4.78, 5) is 22.5. The van der Waals surface area contributed by atoms with Crippen molar-refractivity contribution < 1.29 is 19.1 Å². The molecule has 0 bridgehead atoms. The quantitative estimate of drug-likeness (QED) is 0.400. The predicted molar refractivity (Wildman–Crippen MR) is 74.3 cm³/mol. The van der Waals surface area contributed by atoms with Crippen LogP contribution in [0.1, 0.15) is 71.6 Å². The first kappa shape index (κ1) is 17.9. The van der Waals surface area contributed by atoms with E-state index in [-0.39, 0.29) is 18.5 Å². The fourth-order valence-electron chi connectivity index (χ4n) is 1.54. The molecule has 0 aromatic rings. The first-order chi connectivity index (χ1) is 9.20. The molecule has 111 valence electrons. The SMILES string of the molecule is CCCCCC(=O)O[CH]CCOC(=O)CCCCC. The van der Waals surface area contributed by atoms with Gasteiger partial charge >= 0.3 is 11.9 Å². The number of carbonyl (C=O) groups is 2. The molecule has 0 fully saturated rings. The normalized spacial score (nSPS) is 10.2. The maximum atomic E-state index is 11.2. The van der Waals surface area contributed by atoms with Crippen molar-refractivity contribution in [3.8, 4) is 0 Å². The Labute approximate surface area is 116 Å². The maximum Gasteiger partial charge on any atom is 0.306 e. The molecule has 0 aliphatic carbocycles. The highest BCUT2D eigenvalue weighted by Crippen LogP contribution is 2.03. The van der Waals surface area contributed by atoms with Gasteiger partial charge in [0.2, 0.25) is 0 Å². The van der Waals surface area contributed by atoms with E-state index in [0.717, 1.165) is 38.5 Å². The molecule has 0 saturated heterocycles. The van der Waals surface area contributed by atoms with Crippen LogP contribution in [0.4, 0.5) is 0 Å². The van der Waals surface area contributed by atoms with E-state index >= 15 is 0 Å². The summed E-state index contributed by atoms with van der Waals surface area (Å²) in [6.45, 7) is 5.89. The minimum atomic E-state index is -0.206. The molecule has 4 nitrogen and oxygen atoms in total. The fourth-order valence-corrected chi connectivity index (χ4v) is 1.54. The van der Waals surface area contributed by atoms with Crippen LogP contribution in [0.5, 0.6) is 0 Å². The number of carbonyl (C=O) groups excluding carboxylic acids is 2. The van der Waals surface area contributed by atoms with Gasteiger partial charge in [0.05, 0.1) is 6.61 Å². The zero-order valence-corrected chi connectivity index (χ0v) is 12.3. The highest BCUT2D eigenvalue weighted by Gasteiger charge is 2.04. The third-order valence-electron chi connectivity index (χ3n) is 2.68. The van der Waals surface area contributed by atoms with E-state index < -0.39 is 0 Å². The third-order valence-corrected chi connectivity index (χ3v) is 2.68. The molecule has 0 aliphatic heterocycles. The molecule has 0 saturated carbocycles. The summed E-state index contributed by atoms with van der Waals surface area (Å²) >= 11 is 0. The highest BCUT2D eigenvalue weighted by molar-refractivity contribution is 5.70. The van der Waals surface area contributed by atoms with Crippen molar-refractivity contribution >= 4 is 11.9 Å². The molecule has 0 aliphatic rings. The van der Waals surface area contributed by atoms with Crippen LogP contribution in [0.3, 0.4) is 0 Å². The highest BCUT2D eigenvalue weighted by atomic mass is 16.5. The van der Waals surface area contributed by atoms with Gasteiger partial charge in [-0.25, -0.2) is 0 Å². The molecule has 1 radical (unpaired) electrons. The van der Waals surface area contributed by atoms with Crippen molar-refractivity contribution in [1.82, 2.24) is 0 Å². The number of unbranched alkanes of at least 4 members (excludes halogenated alkanes) is 4. The summed E-state index contributed by atoms with van der Waals surface area (Å²) < 4.78 is 9.92. The zero-order valence-electron chi connectivity index (χ0n) is 12.3. The minimum Gasteiger partial charge on any atom is -0.466 e. The van der Waals surface area contributed by atoms with Crippen LogP contribution in [-0.4, -0.2) is 18.5 Å². The number of hydrogen-bond donors (Lipinski definition) is 0. The Morgan fingerprint density at radius 1 is 0.895 bits per heavy atom. The maximum absolute atomic E-state index is 11.2. The van der Waals surface area contributed by atoms with Crippen LogP contribution in [0.25, 0.3) is 0 Å². The van der Waals surface area contributed by atoms with Crippen molar-refractivity contribution in [3.63, 3.8) is 0 Å². The van der Waals surface area contributed by atoms with Crippen LogP contribution in [-0.2, 0) is 19.1 Å². The van der Waals surface area contributed by atoms with Gasteiger partial charge in [0.25, 0.3) is 0 Å². The van der Waals surface area contributed by atoms with E-state index in [1.807, 2.05) is 0 Å². The minimum absolute atomic E-state index is 0.170. The van der Waals surface area contributed by atoms with E-state index in [0.29, 0.717) is 19.3 Å². The lowest BCUT2D eigenvalue weighted by Gasteiger charge is -2.05. The zero-order chi connectivity index (χ0) is 14.3.